The molecule has 1 saturated heterocycles. The van der Waals surface area contributed by atoms with Gasteiger partial charge >= 0.3 is 0 Å². The van der Waals surface area contributed by atoms with Crippen LogP contribution in [0.25, 0.3) is 0 Å². The molecule has 5 heteroatoms. The zero-order valence-electron chi connectivity index (χ0n) is 12.3. The smallest absolute Gasteiger partial charge is 0.254 e. The summed E-state index contributed by atoms with van der Waals surface area (Å²) in [4.78, 5) is 14.4. The van der Waals surface area contributed by atoms with Gasteiger partial charge in [-0.3, -0.25) is 4.79 Å². The molecule has 2 rings (SSSR count). The van der Waals surface area contributed by atoms with Crippen LogP contribution in [0.2, 0.25) is 0 Å². The molecule has 2 N–H and O–H groups in total. The molecular weight excluding hydrogens is 256 g/mol. The Balaban J connectivity index is 2.20. The molecule has 0 radical (unpaired) electrons. The minimum absolute atomic E-state index is 0.000880. The lowest BCUT2D eigenvalue weighted by Gasteiger charge is -2.35. The molecule has 0 aromatic heterocycles. The van der Waals surface area contributed by atoms with Gasteiger partial charge in [-0.1, -0.05) is 6.92 Å². The largest absolute Gasteiger partial charge is 0.497 e. The zero-order chi connectivity index (χ0) is 14.7. The van der Waals surface area contributed by atoms with E-state index in [0.717, 1.165) is 6.42 Å². The first-order valence-corrected chi connectivity index (χ1v) is 6.83. The molecule has 110 valence electrons. The van der Waals surface area contributed by atoms with Gasteiger partial charge in [-0.05, 0) is 24.5 Å². The van der Waals surface area contributed by atoms with Crippen molar-refractivity contribution < 1.29 is 14.3 Å². The summed E-state index contributed by atoms with van der Waals surface area (Å²) in [6.07, 6.45) is 0.841. The number of hydrogen-bond acceptors (Lipinski definition) is 4. The number of amides is 1. The van der Waals surface area contributed by atoms with E-state index in [4.69, 9.17) is 15.2 Å². The van der Waals surface area contributed by atoms with Crippen LogP contribution in [0.15, 0.2) is 18.2 Å². The van der Waals surface area contributed by atoms with Crippen molar-refractivity contribution in [3.63, 3.8) is 0 Å². The molecule has 1 aromatic rings. The van der Waals surface area contributed by atoms with E-state index in [9.17, 15) is 4.79 Å². The van der Waals surface area contributed by atoms with Crippen LogP contribution >= 0.6 is 0 Å². The number of carbonyl (C=O) groups is 1. The Hall–Kier alpha value is -1.75. The number of nitrogens with two attached hydrogens (primary N) is 1. The van der Waals surface area contributed by atoms with Gasteiger partial charge in [0.15, 0.2) is 0 Å². The number of benzene rings is 1. The van der Waals surface area contributed by atoms with Crippen LogP contribution in [0.1, 0.15) is 23.7 Å². The molecule has 0 spiro atoms. The third-order valence-electron chi connectivity index (χ3n) is 3.86. The molecule has 0 aliphatic carbocycles. The normalized spacial score (nSPS) is 22.5. The number of nitrogens with zero attached hydrogens (tertiary/aromatic N) is 1. The Morgan fingerprint density at radius 3 is 2.35 bits per heavy atom. The summed E-state index contributed by atoms with van der Waals surface area (Å²) in [5.74, 6) is 1.56. The van der Waals surface area contributed by atoms with E-state index < -0.39 is 0 Å². The molecule has 1 fully saturated rings. The quantitative estimate of drug-likeness (QED) is 0.910. The Kier molecular flexibility index (Phi) is 4.49. The highest BCUT2D eigenvalue weighted by Crippen LogP contribution is 2.25. The fraction of sp³-hybridized carbons (Fsp3) is 0.533. The molecule has 2 unspecified atom stereocenters. The molecule has 5 nitrogen and oxygen atoms in total. The Morgan fingerprint density at radius 1 is 1.25 bits per heavy atom. The van der Waals surface area contributed by atoms with Gasteiger partial charge in [0.2, 0.25) is 0 Å². The second kappa shape index (κ2) is 6.13. The molecular formula is C15H22N2O3. The molecule has 1 amide bonds. The standard InChI is InChI=1S/C15H22N2O3/c1-10-9-17(5-4-14(10)16)15(18)11-6-12(19-2)8-13(7-11)20-3/h6-8,10,14H,4-5,9,16H2,1-3H3. The summed E-state index contributed by atoms with van der Waals surface area (Å²) in [6, 6.07) is 5.42. The molecule has 1 heterocycles. The molecule has 0 saturated carbocycles. The summed E-state index contributed by atoms with van der Waals surface area (Å²) in [5.41, 5.74) is 6.58. The average Bonchev–Trinajstić information content (AvgIpc) is 2.48. The average molecular weight is 278 g/mol. The maximum atomic E-state index is 12.6. The lowest BCUT2D eigenvalue weighted by molar-refractivity contribution is 0.0663. The van der Waals surface area contributed by atoms with Crippen molar-refractivity contribution in [2.24, 2.45) is 11.7 Å². The maximum Gasteiger partial charge on any atom is 0.254 e. The van der Waals surface area contributed by atoms with Crippen molar-refractivity contribution in [1.82, 2.24) is 4.90 Å². The lowest BCUT2D eigenvalue weighted by Crippen LogP contribution is -2.48. The van der Waals surface area contributed by atoms with Crippen LogP contribution in [-0.4, -0.2) is 44.2 Å². The van der Waals surface area contributed by atoms with Crippen LogP contribution in [0, 0.1) is 5.92 Å². The molecule has 2 atom stereocenters. The molecule has 1 aromatic carbocycles. The van der Waals surface area contributed by atoms with E-state index in [2.05, 4.69) is 6.92 Å². The van der Waals surface area contributed by atoms with Crippen molar-refractivity contribution >= 4 is 5.91 Å². The van der Waals surface area contributed by atoms with Gasteiger partial charge in [0.05, 0.1) is 14.2 Å². The minimum Gasteiger partial charge on any atom is -0.497 e. The van der Waals surface area contributed by atoms with E-state index in [-0.39, 0.29) is 11.9 Å². The first kappa shape index (κ1) is 14.7. The predicted octanol–water partition coefficient (Wildman–Crippen LogP) is 1.51. The van der Waals surface area contributed by atoms with Crippen molar-refractivity contribution in [2.75, 3.05) is 27.3 Å². The third kappa shape index (κ3) is 3.04. The van der Waals surface area contributed by atoms with Gasteiger partial charge in [0, 0.05) is 30.8 Å². The zero-order valence-corrected chi connectivity index (χ0v) is 12.3. The van der Waals surface area contributed by atoms with Gasteiger partial charge in [-0.15, -0.1) is 0 Å². The summed E-state index contributed by atoms with van der Waals surface area (Å²) < 4.78 is 10.4. The van der Waals surface area contributed by atoms with Crippen LogP contribution in [0.5, 0.6) is 11.5 Å². The van der Waals surface area contributed by atoms with Crippen LogP contribution in [0.4, 0.5) is 0 Å². The Labute approximate surface area is 119 Å². The van der Waals surface area contributed by atoms with Crippen LogP contribution in [-0.2, 0) is 0 Å². The fourth-order valence-electron chi connectivity index (χ4n) is 2.46. The van der Waals surface area contributed by atoms with Gasteiger partial charge in [-0.2, -0.15) is 0 Å². The highest BCUT2D eigenvalue weighted by atomic mass is 16.5. The second-order valence-electron chi connectivity index (χ2n) is 5.28. The monoisotopic (exact) mass is 278 g/mol. The van der Waals surface area contributed by atoms with Crippen molar-refractivity contribution in [3.05, 3.63) is 23.8 Å². The number of likely N-dealkylation sites (tertiary alicyclic amines) is 1. The topological polar surface area (TPSA) is 64.8 Å². The SMILES string of the molecule is COc1cc(OC)cc(C(=O)N2CCC(N)C(C)C2)c1. The summed E-state index contributed by atoms with van der Waals surface area (Å²) in [7, 11) is 3.15. The van der Waals surface area contributed by atoms with Crippen molar-refractivity contribution in [3.8, 4) is 11.5 Å². The van der Waals surface area contributed by atoms with E-state index in [0.29, 0.717) is 36.1 Å². The Morgan fingerprint density at radius 2 is 1.85 bits per heavy atom. The Bertz CT molecular complexity index is 468. The van der Waals surface area contributed by atoms with E-state index in [1.165, 1.54) is 0 Å². The lowest BCUT2D eigenvalue weighted by atomic mass is 9.94. The number of methoxy groups -OCH3 is 2. The van der Waals surface area contributed by atoms with E-state index in [1.54, 1.807) is 32.4 Å². The van der Waals surface area contributed by atoms with E-state index >= 15 is 0 Å². The molecule has 1 aliphatic heterocycles. The minimum atomic E-state index is 0.000880. The molecule has 1 aliphatic rings. The van der Waals surface area contributed by atoms with Crippen molar-refractivity contribution in [1.29, 1.82) is 0 Å². The summed E-state index contributed by atoms with van der Waals surface area (Å²) >= 11 is 0. The van der Waals surface area contributed by atoms with Gasteiger partial charge in [0.25, 0.3) is 5.91 Å². The number of ether oxygens (including phenoxy) is 2. The number of hydrogen-bond donors (Lipinski definition) is 1. The fourth-order valence-corrected chi connectivity index (χ4v) is 2.46. The van der Waals surface area contributed by atoms with Crippen molar-refractivity contribution in [2.45, 2.75) is 19.4 Å². The number of rotatable bonds is 3. The first-order valence-electron chi connectivity index (χ1n) is 6.83. The van der Waals surface area contributed by atoms with Gasteiger partial charge < -0.3 is 20.1 Å². The third-order valence-corrected chi connectivity index (χ3v) is 3.86. The highest BCUT2D eigenvalue weighted by molar-refractivity contribution is 5.95. The summed E-state index contributed by atoms with van der Waals surface area (Å²) in [6.45, 7) is 3.47. The number of piperidine rings is 1. The number of carbonyl (C=O) groups excluding carboxylic acids is 1. The van der Waals surface area contributed by atoms with E-state index in [1.807, 2.05) is 4.90 Å². The van der Waals surface area contributed by atoms with Gasteiger partial charge in [-0.25, -0.2) is 0 Å². The summed E-state index contributed by atoms with van der Waals surface area (Å²) in [5, 5.41) is 0. The second-order valence-corrected chi connectivity index (χ2v) is 5.28. The first-order chi connectivity index (χ1) is 9.55. The predicted molar refractivity (Wildman–Crippen MR) is 77.2 cm³/mol. The van der Waals surface area contributed by atoms with Gasteiger partial charge in [0.1, 0.15) is 11.5 Å². The van der Waals surface area contributed by atoms with Crippen LogP contribution in [0.3, 0.4) is 0 Å². The van der Waals surface area contributed by atoms with Crippen LogP contribution < -0.4 is 15.2 Å². The maximum absolute atomic E-state index is 12.6. The molecule has 0 bridgehead atoms. The molecule has 20 heavy (non-hydrogen) atoms. The highest BCUT2D eigenvalue weighted by Gasteiger charge is 2.27.